The number of allylic oxidation sites excluding steroid dienone is 7. The molecule has 5 heteroatoms. The van der Waals surface area contributed by atoms with E-state index < -0.39 is 0 Å². The van der Waals surface area contributed by atoms with Gasteiger partial charge in [0.1, 0.15) is 5.82 Å². The molecule has 6 aliphatic rings. The molecule has 0 aromatic rings. The molecule has 0 spiro atoms. The highest BCUT2D eigenvalue weighted by molar-refractivity contribution is 5.89. The molecule has 0 bridgehead atoms. The molecule has 178 valence electrons. The Morgan fingerprint density at radius 1 is 1.21 bits per heavy atom. The van der Waals surface area contributed by atoms with Crippen LogP contribution in [0.1, 0.15) is 59.3 Å². The molecule has 0 amide bonds. The number of fused-ring (bicyclic) bond motifs is 2. The van der Waals surface area contributed by atoms with Crippen LogP contribution in [0.5, 0.6) is 0 Å². The van der Waals surface area contributed by atoms with Crippen LogP contribution in [-0.2, 0) is 0 Å². The van der Waals surface area contributed by atoms with Gasteiger partial charge in [0, 0.05) is 35.4 Å². The minimum absolute atomic E-state index is 0.0199. The van der Waals surface area contributed by atoms with Crippen molar-refractivity contribution in [3.63, 3.8) is 0 Å². The molecular weight excluding hydrogens is 418 g/mol. The Labute approximate surface area is 203 Å². The Morgan fingerprint density at radius 3 is 2.76 bits per heavy atom. The topological polar surface area (TPSA) is 66.0 Å². The van der Waals surface area contributed by atoms with Crippen LogP contribution in [0.4, 0.5) is 0 Å². The van der Waals surface area contributed by atoms with E-state index in [9.17, 15) is 0 Å². The third kappa shape index (κ3) is 3.48. The van der Waals surface area contributed by atoms with Gasteiger partial charge in [0.15, 0.2) is 5.66 Å². The number of nitrogens with two attached hydrogens (primary N) is 1. The highest BCUT2D eigenvalue weighted by atomic mass is 15.6. The number of hydrogen-bond acceptors (Lipinski definition) is 5. The van der Waals surface area contributed by atoms with Crippen molar-refractivity contribution in [2.45, 2.75) is 76.5 Å². The van der Waals surface area contributed by atoms with Gasteiger partial charge in [-0.05, 0) is 68.6 Å². The summed E-state index contributed by atoms with van der Waals surface area (Å²) in [4.78, 5) is 4.91. The van der Waals surface area contributed by atoms with Crippen molar-refractivity contribution in [1.29, 1.82) is 0 Å². The molecule has 0 aromatic carbocycles. The van der Waals surface area contributed by atoms with E-state index in [0.717, 1.165) is 55.1 Å². The van der Waals surface area contributed by atoms with Gasteiger partial charge >= 0.3 is 0 Å². The molecule has 4 unspecified atom stereocenters. The van der Waals surface area contributed by atoms with Gasteiger partial charge in [-0.2, -0.15) is 5.10 Å². The van der Waals surface area contributed by atoms with Gasteiger partial charge in [-0.25, -0.2) is 5.01 Å². The van der Waals surface area contributed by atoms with Crippen LogP contribution in [0, 0.1) is 17.8 Å². The standard InChI is InChI=1S/C29H37N5/c1-4-20-16-29(30,17-20)24-12-10-22(11-13-24)26-25(21-8-6-5-7-9-21)14-23-18-31-28(3)15-19(2)33-34(28)27(23)32-26/h5-8,10-12,14,18,20-21,24,26,32H,4,9,13,15-17,30H2,1-3H3. The molecule has 5 nitrogen and oxygen atoms in total. The van der Waals surface area contributed by atoms with Crippen molar-refractivity contribution in [2.75, 3.05) is 0 Å². The zero-order valence-corrected chi connectivity index (χ0v) is 20.7. The Kier molecular flexibility index (Phi) is 5.10. The van der Waals surface area contributed by atoms with Crippen molar-refractivity contribution in [3.8, 4) is 0 Å². The van der Waals surface area contributed by atoms with Crippen molar-refractivity contribution in [3.05, 3.63) is 71.1 Å². The normalized spacial score (nSPS) is 40.2. The number of aliphatic imine (C=N–C) groups is 1. The molecule has 0 radical (unpaired) electrons. The fraction of sp³-hybridized carbons (Fsp3) is 0.517. The molecule has 6 rings (SSSR count). The molecule has 1 fully saturated rings. The molecular formula is C29H37N5. The summed E-state index contributed by atoms with van der Waals surface area (Å²) in [6.07, 6.45) is 27.0. The lowest BCUT2D eigenvalue weighted by molar-refractivity contribution is 0.0997. The number of nitrogens with zero attached hydrogens (tertiary/aromatic N) is 3. The lowest BCUT2D eigenvalue weighted by Gasteiger charge is -2.50. The van der Waals surface area contributed by atoms with E-state index in [2.05, 4.69) is 79.7 Å². The Bertz CT molecular complexity index is 1120. The molecule has 34 heavy (non-hydrogen) atoms. The monoisotopic (exact) mass is 455 g/mol. The van der Waals surface area contributed by atoms with Crippen molar-refractivity contribution < 1.29 is 0 Å². The molecule has 4 atom stereocenters. The van der Waals surface area contributed by atoms with Gasteiger partial charge in [-0.15, -0.1) is 0 Å². The Balaban J connectivity index is 1.30. The fourth-order valence-corrected chi connectivity index (χ4v) is 6.70. The molecule has 0 saturated heterocycles. The first-order chi connectivity index (χ1) is 16.4. The minimum atomic E-state index is -0.326. The second-order valence-electron chi connectivity index (χ2n) is 11.3. The maximum absolute atomic E-state index is 6.82. The highest BCUT2D eigenvalue weighted by Crippen LogP contribution is 2.46. The van der Waals surface area contributed by atoms with E-state index in [0.29, 0.717) is 11.8 Å². The van der Waals surface area contributed by atoms with E-state index in [-0.39, 0.29) is 17.2 Å². The smallest absolute Gasteiger partial charge is 0.156 e. The third-order valence-corrected chi connectivity index (χ3v) is 8.75. The number of hydrazone groups is 1. The third-order valence-electron chi connectivity index (χ3n) is 8.75. The molecule has 3 aliphatic heterocycles. The first-order valence-corrected chi connectivity index (χ1v) is 13.0. The van der Waals surface area contributed by atoms with E-state index in [1.807, 2.05) is 6.21 Å². The van der Waals surface area contributed by atoms with Crippen LogP contribution in [0.3, 0.4) is 0 Å². The zero-order valence-electron chi connectivity index (χ0n) is 20.7. The second-order valence-corrected chi connectivity index (χ2v) is 11.3. The number of nitrogens with one attached hydrogen (secondary N) is 1. The van der Waals surface area contributed by atoms with Crippen molar-refractivity contribution in [1.82, 2.24) is 10.3 Å². The summed E-state index contributed by atoms with van der Waals surface area (Å²) in [5.41, 5.74) is 11.5. The molecule has 3 N–H and O–H groups in total. The lowest BCUT2D eigenvalue weighted by atomic mass is 9.60. The summed E-state index contributed by atoms with van der Waals surface area (Å²) in [5, 5.41) is 10.9. The van der Waals surface area contributed by atoms with E-state index in [4.69, 9.17) is 15.8 Å². The van der Waals surface area contributed by atoms with E-state index in [1.54, 1.807) is 0 Å². The second kappa shape index (κ2) is 7.94. The van der Waals surface area contributed by atoms with Gasteiger partial charge in [0.2, 0.25) is 0 Å². The summed E-state index contributed by atoms with van der Waals surface area (Å²) >= 11 is 0. The van der Waals surface area contributed by atoms with Gasteiger partial charge in [0.25, 0.3) is 0 Å². The summed E-state index contributed by atoms with van der Waals surface area (Å²) in [6.45, 7) is 6.55. The lowest BCUT2D eigenvalue weighted by Crippen LogP contribution is -2.56. The van der Waals surface area contributed by atoms with Gasteiger partial charge in [-0.1, -0.05) is 55.9 Å². The fourth-order valence-electron chi connectivity index (χ4n) is 6.70. The first-order valence-electron chi connectivity index (χ1n) is 13.0. The van der Waals surface area contributed by atoms with Crippen LogP contribution < -0.4 is 11.1 Å². The van der Waals surface area contributed by atoms with Crippen LogP contribution in [-0.4, -0.2) is 34.2 Å². The maximum atomic E-state index is 6.82. The van der Waals surface area contributed by atoms with Crippen LogP contribution in [0.2, 0.25) is 0 Å². The van der Waals surface area contributed by atoms with Crippen molar-refractivity contribution >= 4 is 11.9 Å². The van der Waals surface area contributed by atoms with E-state index in [1.165, 1.54) is 17.6 Å². The highest BCUT2D eigenvalue weighted by Gasteiger charge is 2.46. The summed E-state index contributed by atoms with van der Waals surface area (Å²) in [7, 11) is 0. The number of rotatable bonds is 4. The first kappa shape index (κ1) is 21.8. The largest absolute Gasteiger partial charge is 0.359 e. The molecule has 1 saturated carbocycles. The van der Waals surface area contributed by atoms with Gasteiger partial charge in [0.05, 0.1) is 6.04 Å². The quantitative estimate of drug-likeness (QED) is 0.618. The zero-order chi connectivity index (χ0) is 23.5. The Hall–Kier alpha value is -2.66. The van der Waals surface area contributed by atoms with Crippen LogP contribution >= 0.6 is 0 Å². The number of dihydropyridines is 1. The predicted molar refractivity (Wildman–Crippen MR) is 140 cm³/mol. The van der Waals surface area contributed by atoms with Crippen molar-refractivity contribution in [2.24, 2.45) is 33.6 Å². The average molecular weight is 456 g/mol. The van der Waals surface area contributed by atoms with Gasteiger partial charge in [-0.3, -0.25) is 4.99 Å². The summed E-state index contributed by atoms with van der Waals surface area (Å²) in [6, 6.07) is 0.127. The summed E-state index contributed by atoms with van der Waals surface area (Å²) in [5.74, 6) is 2.71. The van der Waals surface area contributed by atoms with E-state index >= 15 is 0 Å². The van der Waals surface area contributed by atoms with Crippen LogP contribution in [0.25, 0.3) is 0 Å². The predicted octanol–water partition coefficient (Wildman–Crippen LogP) is 5.13. The van der Waals surface area contributed by atoms with Crippen LogP contribution in [0.15, 0.2) is 81.2 Å². The Morgan fingerprint density at radius 2 is 2.06 bits per heavy atom. The maximum Gasteiger partial charge on any atom is 0.156 e. The summed E-state index contributed by atoms with van der Waals surface area (Å²) < 4.78 is 0. The average Bonchev–Trinajstić information content (AvgIpc) is 3.16. The SMILES string of the molecule is CCC1CC(N)(C2C=CC(C3NC4=C(C=NC5(C)CC(C)=NN45)C=C3C3C=CC=CC3)=CC2)C1. The van der Waals surface area contributed by atoms with Gasteiger partial charge < -0.3 is 11.1 Å². The molecule has 3 aliphatic carbocycles. The molecule has 3 heterocycles. The molecule has 0 aromatic heterocycles. The minimum Gasteiger partial charge on any atom is -0.359 e. The number of hydrogen-bond donors (Lipinski definition) is 2.